The van der Waals surface area contributed by atoms with Crippen LogP contribution in [0, 0.1) is 6.92 Å². The first-order valence-electron chi connectivity index (χ1n) is 5.35. The lowest BCUT2D eigenvalue weighted by Crippen LogP contribution is -2.04. The van der Waals surface area contributed by atoms with Crippen molar-refractivity contribution >= 4 is 34.7 Å². The number of aryl methyl sites for hydroxylation is 1. The Balaban J connectivity index is 2.44. The Morgan fingerprint density at radius 1 is 1.06 bits per heavy atom. The largest absolute Gasteiger partial charge is 0.399 e. The van der Waals surface area contributed by atoms with E-state index in [1.165, 1.54) is 0 Å². The van der Waals surface area contributed by atoms with Gasteiger partial charge < -0.3 is 5.73 Å². The van der Waals surface area contributed by atoms with Gasteiger partial charge in [0.25, 0.3) is 0 Å². The van der Waals surface area contributed by atoms with Gasteiger partial charge in [0.15, 0.2) is 5.78 Å². The fraction of sp³-hybridized carbons (Fsp3) is 0.0714. The molecule has 0 fully saturated rings. The average molecular weight is 280 g/mol. The van der Waals surface area contributed by atoms with E-state index in [1.54, 1.807) is 36.4 Å². The van der Waals surface area contributed by atoms with Crippen molar-refractivity contribution in [2.75, 3.05) is 5.73 Å². The molecule has 0 aliphatic rings. The number of carbonyl (C=O) groups excluding carboxylic acids is 1. The summed E-state index contributed by atoms with van der Waals surface area (Å²) in [6.45, 7) is 1.85. The van der Waals surface area contributed by atoms with Gasteiger partial charge >= 0.3 is 0 Å². The van der Waals surface area contributed by atoms with Gasteiger partial charge in [-0.25, -0.2) is 0 Å². The molecule has 0 bridgehead atoms. The summed E-state index contributed by atoms with van der Waals surface area (Å²) in [4.78, 5) is 12.3. The number of benzene rings is 2. The van der Waals surface area contributed by atoms with Gasteiger partial charge in [-0.2, -0.15) is 0 Å². The fourth-order valence-electron chi connectivity index (χ4n) is 1.73. The monoisotopic (exact) mass is 279 g/mol. The summed E-state index contributed by atoms with van der Waals surface area (Å²) in [5, 5.41) is 0.804. The van der Waals surface area contributed by atoms with Crippen molar-refractivity contribution in [3.63, 3.8) is 0 Å². The Morgan fingerprint density at radius 3 is 2.39 bits per heavy atom. The van der Waals surface area contributed by atoms with Crippen molar-refractivity contribution in [1.29, 1.82) is 0 Å². The molecule has 0 saturated carbocycles. The zero-order chi connectivity index (χ0) is 13.3. The number of nitrogens with two attached hydrogens (primary N) is 1. The van der Waals surface area contributed by atoms with Crippen LogP contribution in [-0.2, 0) is 0 Å². The summed E-state index contributed by atoms with van der Waals surface area (Å²) in [6, 6.07) is 10.0. The maximum atomic E-state index is 12.3. The van der Waals surface area contributed by atoms with Crippen LogP contribution in [0.4, 0.5) is 5.69 Å². The van der Waals surface area contributed by atoms with Crippen molar-refractivity contribution in [1.82, 2.24) is 0 Å². The maximum absolute atomic E-state index is 12.3. The van der Waals surface area contributed by atoms with Crippen molar-refractivity contribution in [3.8, 4) is 0 Å². The zero-order valence-electron chi connectivity index (χ0n) is 9.71. The number of rotatable bonds is 2. The average Bonchev–Trinajstić information content (AvgIpc) is 2.32. The molecule has 0 unspecified atom stereocenters. The first-order valence-corrected chi connectivity index (χ1v) is 6.10. The SMILES string of the molecule is Cc1cc(N)ccc1C(=O)c1ccc(Cl)c(Cl)c1. The van der Waals surface area contributed by atoms with Gasteiger partial charge in [-0.05, 0) is 48.9 Å². The van der Waals surface area contributed by atoms with Gasteiger partial charge in [0.2, 0.25) is 0 Å². The Kier molecular flexibility index (Phi) is 3.60. The van der Waals surface area contributed by atoms with Gasteiger partial charge in [-0.15, -0.1) is 0 Å². The molecule has 0 aromatic heterocycles. The molecule has 0 aliphatic carbocycles. The minimum absolute atomic E-state index is 0.0916. The van der Waals surface area contributed by atoms with Crippen molar-refractivity contribution in [2.24, 2.45) is 0 Å². The zero-order valence-corrected chi connectivity index (χ0v) is 11.2. The highest BCUT2D eigenvalue weighted by atomic mass is 35.5. The van der Waals surface area contributed by atoms with E-state index in [9.17, 15) is 4.79 Å². The number of ketones is 1. The molecule has 0 spiro atoms. The summed E-state index contributed by atoms with van der Waals surface area (Å²) in [7, 11) is 0. The second-order valence-electron chi connectivity index (χ2n) is 4.03. The molecule has 0 amide bonds. The van der Waals surface area contributed by atoms with E-state index in [4.69, 9.17) is 28.9 Å². The smallest absolute Gasteiger partial charge is 0.193 e. The fourth-order valence-corrected chi connectivity index (χ4v) is 2.03. The lowest BCUT2D eigenvalue weighted by molar-refractivity contribution is 0.103. The second-order valence-corrected chi connectivity index (χ2v) is 4.85. The molecular formula is C14H11Cl2NO. The number of nitrogen functional groups attached to an aromatic ring is 1. The third-order valence-corrected chi connectivity index (χ3v) is 3.42. The highest BCUT2D eigenvalue weighted by Gasteiger charge is 2.13. The molecule has 0 saturated heterocycles. The van der Waals surface area contributed by atoms with Gasteiger partial charge in [0.1, 0.15) is 0 Å². The first kappa shape index (κ1) is 12.9. The van der Waals surface area contributed by atoms with E-state index in [0.29, 0.717) is 26.9 Å². The van der Waals surface area contributed by atoms with Crippen LogP contribution in [0.5, 0.6) is 0 Å². The predicted octanol–water partition coefficient (Wildman–Crippen LogP) is 4.12. The minimum Gasteiger partial charge on any atom is -0.399 e. The van der Waals surface area contributed by atoms with Crippen molar-refractivity contribution in [3.05, 3.63) is 63.1 Å². The van der Waals surface area contributed by atoms with E-state index in [-0.39, 0.29) is 5.78 Å². The number of halogens is 2. The molecule has 2 rings (SSSR count). The summed E-state index contributed by atoms with van der Waals surface area (Å²) >= 11 is 11.7. The van der Waals surface area contributed by atoms with Gasteiger partial charge in [0, 0.05) is 16.8 Å². The highest BCUT2D eigenvalue weighted by molar-refractivity contribution is 6.42. The molecule has 0 aliphatic heterocycles. The van der Waals surface area contributed by atoms with Crippen LogP contribution in [0.3, 0.4) is 0 Å². The lowest BCUT2D eigenvalue weighted by atomic mass is 9.99. The van der Waals surface area contributed by atoms with E-state index in [1.807, 2.05) is 6.92 Å². The van der Waals surface area contributed by atoms with Crippen LogP contribution in [0.15, 0.2) is 36.4 Å². The standard InChI is InChI=1S/C14H11Cl2NO/c1-8-6-10(17)3-4-11(8)14(18)9-2-5-12(15)13(16)7-9/h2-7H,17H2,1H3. The number of hydrogen-bond donors (Lipinski definition) is 1. The molecule has 0 atom stereocenters. The Bertz CT molecular complexity index is 623. The Hall–Kier alpha value is -1.51. The molecule has 92 valence electrons. The quantitative estimate of drug-likeness (QED) is 0.664. The predicted molar refractivity (Wildman–Crippen MR) is 75.5 cm³/mol. The van der Waals surface area contributed by atoms with Crippen LogP contribution in [0.2, 0.25) is 10.0 Å². The molecule has 2 nitrogen and oxygen atoms in total. The summed E-state index contributed by atoms with van der Waals surface area (Å²) < 4.78 is 0. The molecule has 4 heteroatoms. The van der Waals surface area contributed by atoms with Gasteiger partial charge in [0.05, 0.1) is 10.0 Å². The molecule has 2 N–H and O–H groups in total. The van der Waals surface area contributed by atoms with Crippen LogP contribution in [0.1, 0.15) is 21.5 Å². The summed E-state index contributed by atoms with van der Waals surface area (Å²) in [6.07, 6.45) is 0. The first-order chi connectivity index (χ1) is 8.49. The topological polar surface area (TPSA) is 43.1 Å². The Labute approximate surface area is 115 Å². The van der Waals surface area contributed by atoms with E-state index in [2.05, 4.69) is 0 Å². The van der Waals surface area contributed by atoms with Gasteiger partial charge in [-0.1, -0.05) is 23.2 Å². The number of anilines is 1. The molecule has 18 heavy (non-hydrogen) atoms. The summed E-state index contributed by atoms with van der Waals surface area (Å²) in [5.41, 5.74) is 8.26. The van der Waals surface area contributed by atoms with E-state index < -0.39 is 0 Å². The molecule has 0 radical (unpaired) electrons. The minimum atomic E-state index is -0.0916. The highest BCUT2D eigenvalue weighted by Crippen LogP contribution is 2.25. The van der Waals surface area contributed by atoms with Crippen LogP contribution < -0.4 is 5.73 Å². The van der Waals surface area contributed by atoms with E-state index >= 15 is 0 Å². The van der Waals surface area contributed by atoms with Crippen molar-refractivity contribution in [2.45, 2.75) is 6.92 Å². The third kappa shape index (κ3) is 2.50. The second kappa shape index (κ2) is 5.01. The van der Waals surface area contributed by atoms with Gasteiger partial charge in [-0.3, -0.25) is 4.79 Å². The lowest BCUT2D eigenvalue weighted by Gasteiger charge is -2.07. The molecule has 0 heterocycles. The van der Waals surface area contributed by atoms with Crippen LogP contribution in [-0.4, -0.2) is 5.78 Å². The Morgan fingerprint density at radius 2 is 1.78 bits per heavy atom. The van der Waals surface area contributed by atoms with E-state index in [0.717, 1.165) is 5.56 Å². The van der Waals surface area contributed by atoms with Crippen LogP contribution in [0.25, 0.3) is 0 Å². The summed E-state index contributed by atoms with van der Waals surface area (Å²) in [5.74, 6) is -0.0916. The third-order valence-electron chi connectivity index (χ3n) is 2.68. The molecule has 2 aromatic rings. The maximum Gasteiger partial charge on any atom is 0.193 e. The number of hydrogen-bond acceptors (Lipinski definition) is 2. The normalized spacial score (nSPS) is 10.4. The molecular weight excluding hydrogens is 269 g/mol. The van der Waals surface area contributed by atoms with Crippen molar-refractivity contribution < 1.29 is 4.79 Å². The molecule has 2 aromatic carbocycles. The number of carbonyl (C=O) groups is 1. The van der Waals surface area contributed by atoms with Crippen LogP contribution >= 0.6 is 23.2 Å².